The van der Waals surface area contributed by atoms with Crippen LogP contribution >= 0.6 is 23.2 Å². The minimum atomic E-state index is -0.508. The quantitative estimate of drug-likeness (QED) is 0.844. The highest BCUT2D eigenvalue weighted by atomic mass is 35.5. The SMILES string of the molecule is C[C@H]1CN(c2cc(Cl)ccc2Cl)CCN1C(=O)CN1CCC(=O)NC1=O. The molecule has 0 radical (unpaired) electrons. The summed E-state index contributed by atoms with van der Waals surface area (Å²) in [6.45, 7) is 3.97. The Kier molecular flexibility index (Phi) is 5.58. The summed E-state index contributed by atoms with van der Waals surface area (Å²) < 4.78 is 0. The van der Waals surface area contributed by atoms with E-state index >= 15 is 0 Å². The highest BCUT2D eigenvalue weighted by Crippen LogP contribution is 2.30. The zero-order valence-electron chi connectivity index (χ0n) is 14.4. The topological polar surface area (TPSA) is 73.0 Å². The van der Waals surface area contributed by atoms with Crippen LogP contribution in [0.1, 0.15) is 13.3 Å². The van der Waals surface area contributed by atoms with E-state index in [-0.39, 0.29) is 37.4 Å². The number of nitrogens with zero attached hydrogens (tertiary/aromatic N) is 3. The fourth-order valence-electron chi connectivity index (χ4n) is 3.28. The van der Waals surface area contributed by atoms with Crippen LogP contribution in [0.3, 0.4) is 0 Å². The minimum Gasteiger partial charge on any atom is -0.366 e. The Balaban J connectivity index is 1.61. The van der Waals surface area contributed by atoms with Crippen LogP contribution < -0.4 is 10.2 Å². The van der Waals surface area contributed by atoms with Crippen LogP contribution in [0.2, 0.25) is 10.0 Å². The van der Waals surface area contributed by atoms with Crippen molar-refractivity contribution >= 4 is 46.7 Å². The van der Waals surface area contributed by atoms with Crippen LogP contribution in [0.25, 0.3) is 0 Å². The molecular weight excluding hydrogens is 379 g/mol. The van der Waals surface area contributed by atoms with Crippen molar-refractivity contribution in [3.05, 3.63) is 28.2 Å². The van der Waals surface area contributed by atoms with Crippen molar-refractivity contribution in [3.8, 4) is 0 Å². The maximum absolute atomic E-state index is 12.6. The highest BCUT2D eigenvalue weighted by Gasteiger charge is 2.31. The van der Waals surface area contributed by atoms with Gasteiger partial charge in [-0.25, -0.2) is 4.79 Å². The summed E-state index contributed by atoms with van der Waals surface area (Å²) in [4.78, 5) is 40.9. The Morgan fingerprint density at radius 1 is 1.23 bits per heavy atom. The molecule has 2 aliphatic rings. The highest BCUT2D eigenvalue weighted by molar-refractivity contribution is 6.35. The first-order valence-corrected chi connectivity index (χ1v) is 9.19. The molecule has 140 valence electrons. The molecule has 2 heterocycles. The van der Waals surface area contributed by atoms with E-state index in [1.54, 1.807) is 17.0 Å². The van der Waals surface area contributed by atoms with Gasteiger partial charge in [-0.1, -0.05) is 23.2 Å². The van der Waals surface area contributed by atoms with Gasteiger partial charge in [-0.05, 0) is 25.1 Å². The first-order valence-electron chi connectivity index (χ1n) is 8.43. The normalized spacial score (nSPS) is 21.0. The number of urea groups is 1. The lowest BCUT2D eigenvalue weighted by molar-refractivity contribution is -0.135. The van der Waals surface area contributed by atoms with Gasteiger partial charge in [-0.15, -0.1) is 0 Å². The van der Waals surface area contributed by atoms with Crippen molar-refractivity contribution in [1.29, 1.82) is 0 Å². The summed E-state index contributed by atoms with van der Waals surface area (Å²) in [5, 5.41) is 3.46. The summed E-state index contributed by atoms with van der Waals surface area (Å²) in [6, 6.07) is 4.78. The molecular formula is C17H20Cl2N4O3. The number of piperazine rings is 1. The molecule has 2 aliphatic heterocycles. The summed E-state index contributed by atoms with van der Waals surface area (Å²) >= 11 is 12.3. The molecule has 0 aliphatic carbocycles. The number of anilines is 1. The molecule has 0 aromatic heterocycles. The number of halogens is 2. The molecule has 1 N–H and O–H groups in total. The zero-order chi connectivity index (χ0) is 18.8. The largest absolute Gasteiger partial charge is 0.366 e. The lowest BCUT2D eigenvalue weighted by Gasteiger charge is -2.42. The van der Waals surface area contributed by atoms with Gasteiger partial charge in [0.1, 0.15) is 6.54 Å². The first-order chi connectivity index (χ1) is 12.3. The molecule has 7 nitrogen and oxygen atoms in total. The van der Waals surface area contributed by atoms with Crippen molar-refractivity contribution in [2.24, 2.45) is 0 Å². The van der Waals surface area contributed by atoms with Crippen molar-refractivity contribution in [2.75, 3.05) is 37.6 Å². The fraction of sp³-hybridized carbons (Fsp3) is 0.471. The van der Waals surface area contributed by atoms with E-state index in [0.717, 1.165) is 5.69 Å². The third-order valence-corrected chi connectivity index (χ3v) is 5.22. The predicted molar refractivity (Wildman–Crippen MR) is 99.6 cm³/mol. The number of hydrogen-bond donors (Lipinski definition) is 1. The lowest BCUT2D eigenvalue weighted by Crippen LogP contribution is -2.58. The predicted octanol–water partition coefficient (Wildman–Crippen LogP) is 1.97. The number of nitrogens with one attached hydrogen (secondary N) is 1. The van der Waals surface area contributed by atoms with Gasteiger partial charge in [-0.2, -0.15) is 0 Å². The van der Waals surface area contributed by atoms with E-state index in [2.05, 4.69) is 10.2 Å². The fourth-order valence-corrected chi connectivity index (χ4v) is 3.68. The van der Waals surface area contributed by atoms with Gasteiger partial charge in [0.05, 0.1) is 10.7 Å². The van der Waals surface area contributed by atoms with Crippen molar-refractivity contribution in [1.82, 2.24) is 15.1 Å². The lowest BCUT2D eigenvalue weighted by atomic mass is 10.1. The molecule has 1 atom stereocenters. The van der Waals surface area contributed by atoms with Crippen LogP contribution in [0.4, 0.5) is 10.5 Å². The molecule has 4 amide bonds. The molecule has 2 fully saturated rings. The van der Waals surface area contributed by atoms with Gasteiger partial charge in [-0.3, -0.25) is 14.9 Å². The molecule has 9 heteroatoms. The van der Waals surface area contributed by atoms with Crippen LogP contribution in [0.15, 0.2) is 18.2 Å². The molecule has 0 spiro atoms. The van der Waals surface area contributed by atoms with E-state index in [9.17, 15) is 14.4 Å². The van der Waals surface area contributed by atoms with E-state index in [0.29, 0.717) is 29.7 Å². The Morgan fingerprint density at radius 3 is 2.69 bits per heavy atom. The van der Waals surface area contributed by atoms with Gasteiger partial charge >= 0.3 is 6.03 Å². The van der Waals surface area contributed by atoms with Gasteiger partial charge in [0.25, 0.3) is 0 Å². The number of carbonyl (C=O) groups excluding carboxylic acids is 3. The molecule has 0 saturated carbocycles. The number of amides is 4. The van der Waals surface area contributed by atoms with E-state index in [1.165, 1.54) is 4.90 Å². The summed E-state index contributed by atoms with van der Waals surface area (Å²) in [5.74, 6) is -0.432. The second kappa shape index (κ2) is 7.72. The molecule has 0 unspecified atom stereocenters. The number of benzene rings is 1. The summed E-state index contributed by atoms with van der Waals surface area (Å²) in [7, 11) is 0. The second-order valence-corrected chi connectivity index (χ2v) is 7.35. The summed E-state index contributed by atoms with van der Waals surface area (Å²) in [6.07, 6.45) is 0.218. The minimum absolute atomic E-state index is 0.0264. The summed E-state index contributed by atoms with van der Waals surface area (Å²) in [5.41, 5.74) is 0.854. The number of hydrogen-bond acceptors (Lipinski definition) is 4. The van der Waals surface area contributed by atoms with E-state index in [4.69, 9.17) is 23.2 Å². The Bertz CT molecular complexity index is 743. The van der Waals surface area contributed by atoms with E-state index < -0.39 is 6.03 Å². The van der Waals surface area contributed by atoms with Crippen molar-refractivity contribution < 1.29 is 14.4 Å². The number of imide groups is 1. The van der Waals surface area contributed by atoms with Gasteiger partial charge < -0.3 is 14.7 Å². The molecule has 1 aromatic carbocycles. The van der Waals surface area contributed by atoms with Gasteiger partial charge in [0.15, 0.2) is 0 Å². The van der Waals surface area contributed by atoms with E-state index in [1.807, 2.05) is 13.0 Å². The van der Waals surface area contributed by atoms with Crippen LogP contribution in [0.5, 0.6) is 0 Å². The maximum atomic E-state index is 12.6. The monoisotopic (exact) mass is 398 g/mol. The number of rotatable bonds is 3. The zero-order valence-corrected chi connectivity index (χ0v) is 15.9. The number of carbonyl (C=O) groups is 3. The smallest absolute Gasteiger partial charge is 0.324 e. The molecule has 26 heavy (non-hydrogen) atoms. The van der Waals surface area contributed by atoms with Crippen LogP contribution in [-0.4, -0.2) is 66.4 Å². The van der Waals surface area contributed by atoms with Crippen molar-refractivity contribution in [2.45, 2.75) is 19.4 Å². The standard InChI is InChI=1S/C17H20Cl2N4O3/c1-11-9-21(14-8-12(18)2-3-13(14)19)6-7-23(11)16(25)10-22-5-4-15(24)20-17(22)26/h2-3,8,11H,4-7,9-10H2,1H3,(H,20,24,26)/t11-/m0/s1. The van der Waals surface area contributed by atoms with Gasteiger partial charge in [0.2, 0.25) is 11.8 Å². The van der Waals surface area contributed by atoms with Crippen LogP contribution in [0, 0.1) is 0 Å². The Labute approximate surface area is 161 Å². The van der Waals surface area contributed by atoms with Gasteiger partial charge in [0, 0.05) is 43.7 Å². The van der Waals surface area contributed by atoms with Crippen molar-refractivity contribution in [3.63, 3.8) is 0 Å². The second-order valence-electron chi connectivity index (χ2n) is 6.50. The first kappa shape index (κ1) is 18.8. The third kappa shape index (κ3) is 4.04. The Morgan fingerprint density at radius 2 is 2.00 bits per heavy atom. The average Bonchev–Trinajstić information content (AvgIpc) is 2.59. The third-order valence-electron chi connectivity index (χ3n) is 4.67. The Hall–Kier alpha value is -1.99. The van der Waals surface area contributed by atoms with Crippen LogP contribution in [-0.2, 0) is 9.59 Å². The molecule has 1 aromatic rings. The average molecular weight is 399 g/mol. The maximum Gasteiger partial charge on any atom is 0.324 e. The molecule has 0 bridgehead atoms. The molecule has 3 rings (SSSR count). The molecule has 2 saturated heterocycles.